The first-order chi connectivity index (χ1) is 10.1. The number of aliphatic hydroxyl groups excluding tert-OH is 1. The highest BCUT2D eigenvalue weighted by Crippen LogP contribution is 2.31. The van der Waals surface area contributed by atoms with Crippen LogP contribution < -0.4 is 4.72 Å². The molecule has 1 heterocycles. The highest BCUT2D eigenvalue weighted by Gasteiger charge is 2.20. The summed E-state index contributed by atoms with van der Waals surface area (Å²) in [7, 11) is -3.48. The van der Waals surface area contributed by atoms with Crippen molar-refractivity contribution in [2.75, 3.05) is 4.72 Å². The van der Waals surface area contributed by atoms with Gasteiger partial charge in [-0.25, -0.2) is 13.4 Å². The zero-order valence-corrected chi connectivity index (χ0v) is 13.0. The predicted octanol–water partition coefficient (Wildman–Crippen LogP) is 2.07. The Kier molecular flexibility index (Phi) is 3.97. The fourth-order valence-electron chi connectivity index (χ4n) is 2.44. The third kappa shape index (κ3) is 3.42. The molecule has 21 heavy (non-hydrogen) atoms. The summed E-state index contributed by atoms with van der Waals surface area (Å²) in [5.74, 6) is -0.120. The number of aryl methyl sites for hydroxylation is 2. The minimum atomic E-state index is -3.48. The molecule has 1 aliphatic carbocycles. The van der Waals surface area contributed by atoms with Crippen LogP contribution in [-0.4, -0.2) is 18.5 Å². The summed E-state index contributed by atoms with van der Waals surface area (Å²) in [6.45, 7) is -0.0967. The number of aromatic nitrogens is 1. The summed E-state index contributed by atoms with van der Waals surface area (Å²) in [6, 6.07) is 6.94. The average Bonchev–Trinajstić information content (AvgIpc) is 2.98. The summed E-state index contributed by atoms with van der Waals surface area (Å²) in [6.07, 6.45) is 3.04. The molecule has 0 saturated heterocycles. The number of rotatable bonds is 5. The van der Waals surface area contributed by atoms with Crippen LogP contribution in [0.1, 0.15) is 28.1 Å². The van der Waals surface area contributed by atoms with E-state index in [1.54, 1.807) is 24.3 Å². The second-order valence-electron chi connectivity index (χ2n) is 5.08. The molecule has 0 aliphatic heterocycles. The molecule has 112 valence electrons. The van der Waals surface area contributed by atoms with E-state index in [9.17, 15) is 8.42 Å². The molecule has 1 aromatic carbocycles. The SMILES string of the molecule is O=S(=O)(Cc1cccc(CO)c1)Nc1nc2c(s1)CCC2. The van der Waals surface area contributed by atoms with Crippen molar-refractivity contribution in [2.24, 2.45) is 0 Å². The maximum Gasteiger partial charge on any atom is 0.238 e. The summed E-state index contributed by atoms with van der Waals surface area (Å²) < 4.78 is 26.9. The number of nitrogens with zero attached hydrogens (tertiary/aromatic N) is 1. The first-order valence-electron chi connectivity index (χ1n) is 6.73. The van der Waals surface area contributed by atoms with Crippen molar-refractivity contribution in [3.63, 3.8) is 0 Å². The number of anilines is 1. The third-order valence-corrected chi connectivity index (χ3v) is 5.79. The van der Waals surface area contributed by atoms with Gasteiger partial charge in [0.05, 0.1) is 18.1 Å². The molecule has 2 aromatic rings. The number of benzene rings is 1. The molecule has 0 unspecified atom stereocenters. The van der Waals surface area contributed by atoms with E-state index in [0.29, 0.717) is 16.3 Å². The molecule has 1 aliphatic rings. The molecule has 0 atom stereocenters. The Morgan fingerprint density at radius 1 is 1.29 bits per heavy atom. The van der Waals surface area contributed by atoms with Crippen LogP contribution in [0, 0.1) is 0 Å². The van der Waals surface area contributed by atoms with E-state index < -0.39 is 10.0 Å². The smallest absolute Gasteiger partial charge is 0.238 e. The van der Waals surface area contributed by atoms with Crippen LogP contribution in [0.2, 0.25) is 0 Å². The number of fused-ring (bicyclic) bond motifs is 1. The summed E-state index contributed by atoms with van der Waals surface area (Å²) in [5, 5.41) is 9.55. The maximum atomic E-state index is 12.2. The van der Waals surface area contributed by atoms with Crippen molar-refractivity contribution in [3.05, 3.63) is 46.0 Å². The van der Waals surface area contributed by atoms with Gasteiger partial charge in [-0.1, -0.05) is 24.3 Å². The molecule has 5 nitrogen and oxygen atoms in total. The Bertz CT molecular complexity index is 732. The van der Waals surface area contributed by atoms with Gasteiger partial charge in [0.2, 0.25) is 10.0 Å². The highest BCUT2D eigenvalue weighted by molar-refractivity contribution is 7.92. The molecule has 1 aromatic heterocycles. The van der Waals surface area contributed by atoms with Crippen molar-refractivity contribution in [1.29, 1.82) is 0 Å². The van der Waals surface area contributed by atoms with Crippen molar-refractivity contribution in [2.45, 2.75) is 31.6 Å². The number of hydrogen-bond acceptors (Lipinski definition) is 5. The van der Waals surface area contributed by atoms with Crippen molar-refractivity contribution in [1.82, 2.24) is 4.98 Å². The highest BCUT2D eigenvalue weighted by atomic mass is 32.2. The summed E-state index contributed by atoms with van der Waals surface area (Å²) in [5.41, 5.74) is 2.38. The minimum Gasteiger partial charge on any atom is -0.392 e. The lowest BCUT2D eigenvalue weighted by atomic mass is 10.1. The topological polar surface area (TPSA) is 79.3 Å². The van der Waals surface area contributed by atoms with Gasteiger partial charge in [0.1, 0.15) is 0 Å². The maximum absolute atomic E-state index is 12.2. The molecule has 0 radical (unpaired) electrons. The Morgan fingerprint density at radius 2 is 2.10 bits per heavy atom. The lowest BCUT2D eigenvalue weighted by Gasteiger charge is -2.06. The Hall–Kier alpha value is -1.44. The van der Waals surface area contributed by atoms with Crippen molar-refractivity contribution in [3.8, 4) is 0 Å². The van der Waals surface area contributed by atoms with Crippen molar-refractivity contribution < 1.29 is 13.5 Å². The monoisotopic (exact) mass is 324 g/mol. The van der Waals surface area contributed by atoms with Crippen LogP contribution in [0.15, 0.2) is 24.3 Å². The van der Waals surface area contributed by atoms with Gasteiger partial charge in [-0.3, -0.25) is 4.72 Å². The number of thiazole rings is 1. The van der Waals surface area contributed by atoms with Crippen LogP contribution in [0.5, 0.6) is 0 Å². The Balaban J connectivity index is 1.73. The molecule has 0 amide bonds. The first kappa shape index (κ1) is 14.5. The standard InChI is InChI=1S/C14H16N2O3S2/c17-8-10-3-1-4-11(7-10)9-21(18,19)16-14-15-12-5-2-6-13(12)20-14/h1,3-4,7,17H,2,5-6,8-9H2,(H,15,16). The molecular formula is C14H16N2O3S2. The van der Waals surface area contributed by atoms with Crippen molar-refractivity contribution >= 4 is 26.5 Å². The zero-order chi connectivity index (χ0) is 14.9. The predicted molar refractivity (Wildman–Crippen MR) is 82.8 cm³/mol. The summed E-state index contributed by atoms with van der Waals surface area (Å²) >= 11 is 1.43. The molecular weight excluding hydrogens is 308 g/mol. The van der Waals surface area contributed by atoms with E-state index in [2.05, 4.69) is 9.71 Å². The van der Waals surface area contributed by atoms with Crippen LogP contribution in [0.4, 0.5) is 5.13 Å². The average molecular weight is 324 g/mol. The van der Waals surface area contributed by atoms with E-state index in [0.717, 1.165) is 25.0 Å². The molecule has 0 fully saturated rings. The third-order valence-electron chi connectivity index (χ3n) is 3.37. The second kappa shape index (κ2) is 5.75. The van der Waals surface area contributed by atoms with Gasteiger partial charge < -0.3 is 5.11 Å². The Labute approximate surface area is 127 Å². The fraction of sp³-hybridized carbons (Fsp3) is 0.357. The van der Waals surface area contributed by atoms with Gasteiger partial charge in [-0.2, -0.15) is 0 Å². The number of nitrogens with one attached hydrogen (secondary N) is 1. The Morgan fingerprint density at radius 3 is 2.86 bits per heavy atom. The van der Waals surface area contributed by atoms with E-state index >= 15 is 0 Å². The van der Waals surface area contributed by atoms with Gasteiger partial charge in [-0.05, 0) is 30.4 Å². The van der Waals surface area contributed by atoms with E-state index in [4.69, 9.17) is 5.11 Å². The molecule has 7 heteroatoms. The van der Waals surface area contributed by atoms with Gasteiger partial charge in [0.15, 0.2) is 5.13 Å². The molecule has 2 N–H and O–H groups in total. The quantitative estimate of drug-likeness (QED) is 0.882. The minimum absolute atomic E-state index is 0.0967. The second-order valence-corrected chi connectivity index (χ2v) is 7.89. The van der Waals surface area contributed by atoms with Crippen LogP contribution in [0.25, 0.3) is 0 Å². The lowest BCUT2D eigenvalue weighted by molar-refractivity contribution is 0.282. The van der Waals surface area contributed by atoms with E-state index in [-0.39, 0.29) is 12.4 Å². The van der Waals surface area contributed by atoms with Crippen LogP contribution >= 0.6 is 11.3 Å². The molecule has 0 saturated carbocycles. The fourth-order valence-corrected chi connectivity index (χ4v) is 4.89. The van der Waals surface area contributed by atoms with E-state index in [1.807, 2.05) is 0 Å². The molecule has 0 bridgehead atoms. The zero-order valence-electron chi connectivity index (χ0n) is 11.4. The normalized spacial score (nSPS) is 14.1. The summed E-state index contributed by atoms with van der Waals surface area (Å²) in [4.78, 5) is 5.53. The molecule has 0 spiro atoms. The van der Waals surface area contributed by atoms with Gasteiger partial charge in [0.25, 0.3) is 0 Å². The molecule has 3 rings (SSSR count). The van der Waals surface area contributed by atoms with Gasteiger partial charge in [0, 0.05) is 4.88 Å². The van der Waals surface area contributed by atoms with Crippen LogP contribution in [-0.2, 0) is 35.2 Å². The number of aliphatic hydroxyl groups is 1. The first-order valence-corrected chi connectivity index (χ1v) is 9.20. The number of sulfonamides is 1. The van der Waals surface area contributed by atoms with Gasteiger partial charge in [-0.15, -0.1) is 11.3 Å². The van der Waals surface area contributed by atoms with E-state index in [1.165, 1.54) is 16.2 Å². The lowest BCUT2D eigenvalue weighted by Crippen LogP contribution is -2.15. The number of hydrogen-bond donors (Lipinski definition) is 2. The van der Waals surface area contributed by atoms with Crippen LogP contribution in [0.3, 0.4) is 0 Å². The largest absolute Gasteiger partial charge is 0.392 e. The van der Waals surface area contributed by atoms with Gasteiger partial charge >= 0.3 is 0 Å².